The van der Waals surface area contributed by atoms with Crippen molar-refractivity contribution in [3.63, 3.8) is 0 Å². The third-order valence-corrected chi connectivity index (χ3v) is 5.66. The molecule has 0 saturated heterocycles. The van der Waals surface area contributed by atoms with Crippen molar-refractivity contribution in [3.8, 4) is 11.4 Å². The van der Waals surface area contributed by atoms with Gasteiger partial charge in [-0.15, -0.1) is 11.3 Å². The number of fused-ring (bicyclic) bond motifs is 1. The average Bonchev–Trinajstić information content (AvgIpc) is 3.23. The maximum absolute atomic E-state index is 13.3. The molecule has 0 atom stereocenters. The summed E-state index contributed by atoms with van der Waals surface area (Å²) in [6.45, 7) is 1.61. The van der Waals surface area contributed by atoms with Gasteiger partial charge in [0.25, 0.3) is 5.56 Å². The lowest BCUT2D eigenvalue weighted by Gasteiger charge is -2.14. The molecule has 4 rings (SSSR count). The molecule has 0 aliphatic carbocycles. The number of anilines is 1. The van der Waals surface area contributed by atoms with E-state index in [9.17, 15) is 14.4 Å². The zero-order chi connectivity index (χ0) is 21.3. The molecule has 0 bridgehead atoms. The summed E-state index contributed by atoms with van der Waals surface area (Å²) in [5.41, 5.74) is 1.36. The molecule has 7 nitrogen and oxygen atoms in total. The third-order valence-electron chi connectivity index (χ3n) is 4.77. The number of rotatable bonds is 5. The van der Waals surface area contributed by atoms with Crippen LogP contribution in [0, 0.1) is 6.92 Å². The number of methoxy groups -OCH3 is 1. The number of hydrogen-bond donors (Lipinski definition) is 1. The number of thiophene rings is 1. The number of nitrogens with one attached hydrogen (secondary N) is 1. The molecule has 0 aliphatic heterocycles. The van der Waals surface area contributed by atoms with Gasteiger partial charge in [-0.1, -0.05) is 24.3 Å². The second-order valence-corrected chi connectivity index (χ2v) is 7.63. The van der Waals surface area contributed by atoms with Crippen LogP contribution in [0.15, 0.2) is 69.6 Å². The Morgan fingerprint density at radius 2 is 1.90 bits per heavy atom. The minimum Gasteiger partial charge on any atom is -0.497 e. The largest absolute Gasteiger partial charge is 0.497 e. The van der Waals surface area contributed by atoms with E-state index < -0.39 is 5.69 Å². The van der Waals surface area contributed by atoms with Gasteiger partial charge in [0, 0.05) is 11.8 Å². The Morgan fingerprint density at radius 3 is 2.67 bits per heavy atom. The van der Waals surface area contributed by atoms with Gasteiger partial charge in [0.2, 0.25) is 5.91 Å². The zero-order valence-corrected chi connectivity index (χ0v) is 17.2. The zero-order valence-electron chi connectivity index (χ0n) is 16.4. The topological polar surface area (TPSA) is 82.3 Å². The SMILES string of the molecule is COc1cccc(NC(=O)Cn2c(=O)n(-c3ccccc3C)c(=O)c3sccc32)c1. The van der Waals surface area contributed by atoms with Gasteiger partial charge in [-0.25, -0.2) is 9.36 Å². The third kappa shape index (κ3) is 3.53. The number of aromatic nitrogens is 2. The predicted molar refractivity (Wildman–Crippen MR) is 118 cm³/mol. The Bertz CT molecular complexity index is 1370. The Kier molecular flexibility index (Phi) is 5.24. The average molecular weight is 421 g/mol. The maximum atomic E-state index is 13.3. The van der Waals surface area contributed by atoms with Crippen LogP contribution >= 0.6 is 11.3 Å². The van der Waals surface area contributed by atoms with E-state index in [2.05, 4.69) is 5.32 Å². The molecule has 2 heterocycles. The van der Waals surface area contributed by atoms with E-state index in [4.69, 9.17) is 4.74 Å². The summed E-state index contributed by atoms with van der Waals surface area (Å²) in [4.78, 5) is 39.0. The Balaban J connectivity index is 1.78. The molecule has 0 fully saturated rings. The van der Waals surface area contributed by atoms with Crippen LogP contribution in [-0.4, -0.2) is 22.2 Å². The number of aryl methyl sites for hydroxylation is 1. The van der Waals surface area contributed by atoms with Crippen molar-refractivity contribution in [3.05, 3.63) is 86.4 Å². The molecular formula is C22H19N3O4S. The van der Waals surface area contributed by atoms with E-state index in [0.717, 1.165) is 10.1 Å². The van der Waals surface area contributed by atoms with Crippen LogP contribution in [0.4, 0.5) is 5.69 Å². The molecule has 0 unspecified atom stereocenters. The van der Waals surface area contributed by atoms with E-state index >= 15 is 0 Å². The number of carbonyl (C=O) groups is 1. The molecule has 0 saturated carbocycles. The first-order valence-corrected chi connectivity index (χ1v) is 10.1. The molecule has 4 aromatic rings. The van der Waals surface area contributed by atoms with Crippen LogP contribution in [-0.2, 0) is 11.3 Å². The highest BCUT2D eigenvalue weighted by Gasteiger charge is 2.18. The van der Waals surface area contributed by atoms with Crippen LogP contribution in [0.25, 0.3) is 15.9 Å². The number of para-hydroxylation sites is 1. The molecule has 1 amide bonds. The van der Waals surface area contributed by atoms with E-state index in [-0.39, 0.29) is 18.0 Å². The van der Waals surface area contributed by atoms with E-state index in [1.54, 1.807) is 55.0 Å². The van der Waals surface area contributed by atoms with Gasteiger partial charge in [-0.3, -0.25) is 14.2 Å². The molecular weight excluding hydrogens is 402 g/mol. The van der Waals surface area contributed by atoms with Crippen molar-refractivity contribution in [2.75, 3.05) is 12.4 Å². The summed E-state index contributed by atoms with van der Waals surface area (Å²) in [5, 5.41) is 4.51. The first-order chi connectivity index (χ1) is 14.5. The van der Waals surface area contributed by atoms with Crippen molar-refractivity contribution >= 4 is 33.1 Å². The van der Waals surface area contributed by atoms with Crippen molar-refractivity contribution in [1.29, 1.82) is 0 Å². The number of ether oxygens (including phenoxy) is 1. The lowest BCUT2D eigenvalue weighted by Crippen LogP contribution is -2.40. The minimum absolute atomic E-state index is 0.227. The lowest BCUT2D eigenvalue weighted by molar-refractivity contribution is -0.116. The van der Waals surface area contributed by atoms with Gasteiger partial charge in [0.1, 0.15) is 17.0 Å². The van der Waals surface area contributed by atoms with Crippen LogP contribution < -0.4 is 21.3 Å². The van der Waals surface area contributed by atoms with E-state index in [1.807, 2.05) is 19.1 Å². The summed E-state index contributed by atoms with van der Waals surface area (Å²) in [7, 11) is 1.54. The molecule has 0 radical (unpaired) electrons. The van der Waals surface area contributed by atoms with Crippen LogP contribution in [0.2, 0.25) is 0 Å². The highest BCUT2D eigenvalue weighted by Crippen LogP contribution is 2.19. The smallest absolute Gasteiger partial charge is 0.336 e. The number of carbonyl (C=O) groups excluding carboxylic acids is 1. The standard InChI is InChI=1S/C22H19N3O4S/c1-14-6-3-4-9-17(14)25-21(27)20-18(10-11-30-20)24(22(25)28)13-19(26)23-15-7-5-8-16(12-15)29-2/h3-12H,13H2,1-2H3,(H,23,26). The molecule has 2 aromatic carbocycles. The second kappa shape index (κ2) is 8.00. The van der Waals surface area contributed by atoms with E-state index in [1.165, 1.54) is 15.9 Å². The number of hydrogen-bond acceptors (Lipinski definition) is 5. The highest BCUT2D eigenvalue weighted by atomic mass is 32.1. The Hall–Kier alpha value is -3.65. The van der Waals surface area contributed by atoms with Crippen LogP contribution in [0.5, 0.6) is 5.75 Å². The van der Waals surface area contributed by atoms with Gasteiger partial charge in [-0.05, 0) is 42.1 Å². The van der Waals surface area contributed by atoms with Crippen LogP contribution in [0.1, 0.15) is 5.56 Å². The first-order valence-electron chi connectivity index (χ1n) is 9.22. The molecule has 152 valence electrons. The van der Waals surface area contributed by atoms with Crippen molar-refractivity contribution in [1.82, 2.24) is 9.13 Å². The first kappa shape index (κ1) is 19.7. The van der Waals surface area contributed by atoms with Gasteiger partial charge in [0.15, 0.2) is 0 Å². The summed E-state index contributed by atoms with van der Waals surface area (Å²) in [5.74, 6) is 0.228. The van der Waals surface area contributed by atoms with Gasteiger partial charge in [0.05, 0.1) is 18.3 Å². The quantitative estimate of drug-likeness (QED) is 0.537. The molecule has 0 aliphatic rings. The fraction of sp³-hybridized carbons (Fsp3) is 0.136. The molecule has 0 spiro atoms. The fourth-order valence-electron chi connectivity index (χ4n) is 3.31. The number of benzene rings is 2. The fourth-order valence-corrected chi connectivity index (χ4v) is 4.14. The predicted octanol–water partition coefficient (Wildman–Crippen LogP) is 3.17. The van der Waals surface area contributed by atoms with Crippen LogP contribution in [0.3, 0.4) is 0 Å². The number of nitrogens with zero attached hydrogens (tertiary/aromatic N) is 2. The van der Waals surface area contributed by atoms with Gasteiger partial charge >= 0.3 is 5.69 Å². The normalized spacial score (nSPS) is 10.9. The number of amides is 1. The van der Waals surface area contributed by atoms with Crippen molar-refractivity contribution in [2.45, 2.75) is 13.5 Å². The molecule has 2 aromatic heterocycles. The minimum atomic E-state index is -0.555. The van der Waals surface area contributed by atoms with Crippen molar-refractivity contribution < 1.29 is 9.53 Å². The summed E-state index contributed by atoms with van der Waals surface area (Å²) < 4.78 is 8.05. The highest BCUT2D eigenvalue weighted by molar-refractivity contribution is 7.17. The molecule has 1 N–H and O–H groups in total. The second-order valence-electron chi connectivity index (χ2n) is 6.71. The van der Waals surface area contributed by atoms with Crippen molar-refractivity contribution in [2.24, 2.45) is 0 Å². The maximum Gasteiger partial charge on any atom is 0.336 e. The van der Waals surface area contributed by atoms with Gasteiger partial charge < -0.3 is 10.1 Å². The summed E-state index contributed by atoms with van der Waals surface area (Å²) >= 11 is 1.25. The monoisotopic (exact) mass is 421 g/mol. The molecule has 8 heteroatoms. The summed E-state index contributed by atoms with van der Waals surface area (Å²) in [6.07, 6.45) is 0. The van der Waals surface area contributed by atoms with E-state index in [0.29, 0.717) is 27.3 Å². The lowest BCUT2D eigenvalue weighted by atomic mass is 10.2. The Labute approximate surface area is 175 Å². The Morgan fingerprint density at radius 1 is 1.10 bits per heavy atom. The summed E-state index contributed by atoms with van der Waals surface area (Å²) in [6, 6.07) is 15.8. The van der Waals surface area contributed by atoms with Gasteiger partial charge in [-0.2, -0.15) is 0 Å². The molecule has 30 heavy (non-hydrogen) atoms.